The summed E-state index contributed by atoms with van der Waals surface area (Å²) in [5, 5.41) is 18.6. The third-order valence-corrected chi connectivity index (χ3v) is 4.85. The average Bonchev–Trinajstić information content (AvgIpc) is 2.97. The third kappa shape index (κ3) is 4.62. The Labute approximate surface area is 154 Å². The van der Waals surface area contributed by atoms with Crippen LogP contribution in [0.5, 0.6) is 0 Å². The van der Waals surface area contributed by atoms with Gasteiger partial charge in [0.25, 0.3) is 0 Å². The molecule has 0 aromatic heterocycles. The van der Waals surface area contributed by atoms with Crippen LogP contribution in [-0.2, 0) is 25.5 Å². The number of benzene rings is 1. The topological polar surface area (TPSA) is 93.1 Å². The average molecular weight is 364 g/mol. The second-order valence-electron chi connectivity index (χ2n) is 7.80. The molecule has 6 nitrogen and oxygen atoms in total. The summed E-state index contributed by atoms with van der Waals surface area (Å²) in [6, 6.07) is 10.2. The van der Waals surface area contributed by atoms with Crippen molar-refractivity contribution in [2.75, 3.05) is 0 Å². The van der Waals surface area contributed by atoms with Crippen LogP contribution in [0.4, 0.5) is 0 Å². The molecule has 2 N–H and O–H groups in total. The molecule has 0 unspecified atom stereocenters. The van der Waals surface area contributed by atoms with E-state index in [1.54, 1.807) is 0 Å². The van der Waals surface area contributed by atoms with Crippen molar-refractivity contribution in [3.05, 3.63) is 35.9 Å². The lowest BCUT2D eigenvalue weighted by Crippen LogP contribution is -2.45. The summed E-state index contributed by atoms with van der Waals surface area (Å²) in [4.78, 5) is 22.8. The van der Waals surface area contributed by atoms with Crippen LogP contribution in [-0.4, -0.2) is 40.1 Å². The lowest BCUT2D eigenvalue weighted by Gasteiger charge is -2.40. The minimum atomic E-state index is -1.49. The highest BCUT2D eigenvalue weighted by Gasteiger charge is 2.58. The Morgan fingerprint density at radius 3 is 1.96 bits per heavy atom. The molecule has 1 aromatic rings. The Bertz CT molecular complexity index is 597. The number of aryl methyl sites for hydroxylation is 1. The van der Waals surface area contributed by atoms with E-state index in [9.17, 15) is 19.8 Å². The number of carboxylic acid groups (broad SMARTS) is 2. The Kier molecular flexibility index (Phi) is 6.42. The number of ether oxygens (including phenoxy) is 2. The van der Waals surface area contributed by atoms with Gasteiger partial charge >= 0.3 is 11.9 Å². The van der Waals surface area contributed by atoms with Crippen LogP contribution in [0.3, 0.4) is 0 Å². The lowest BCUT2D eigenvalue weighted by atomic mass is 9.82. The zero-order valence-electron chi connectivity index (χ0n) is 15.6. The van der Waals surface area contributed by atoms with Crippen molar-refractivity contribution in [3.63, 3.8) is 0 Å². The van der Waals surface area contributed by atoms with E-state index in [1.165, 1.54) is 5.56 Å². The monoisotopic (exact) mass is 364 g/mol. The van der Waals surface area contributed by atoms with Gasteiger partial charge in [0.1, 0.15) is 0 Å². The van der Waals surface area contributed by atoms with Crippen molar-refractivity contribution in [2.24, 2.45) is 5.41 Å². The number of hydrogen-bond donors (Lipinski definition) is 2. The normalized spacial score (nSPS) is 22.3. The van der Waals surface area contributed by atoms with E-state index in [-0.39, 0.29) is 0 Å². The molecular formula is C20H28O6. The van der Waals surface area contributed by atoms with Crippen molar-refractivity contribution in [2.45, 2.75) is 70.9 Å². The Morgan fingerprint density at radius 2 is 1.50 bits per heavy atom. The highest BCUT2D eigenvalue weighted by Crippen LogP contribution is 2.46. The van der Waals surface area contributed by atoms with Gasteiger partial charge in [0.2, 0.25) is 0 Å². The summed E-state index contributed by atoms with van der Waals surface area (Å²) < 4.78 is 11.4. The molecule has 1 aliphatic rings. The maximum absolute atomic E-state index is 11.4. The van der Waals surface area contributed by atoms with Crippen molar-refractivity contribution in [1.82, 2.24) is 0 Å². The molecule has 2 atom stereocenters. The zero-order valence-corrected chi connectivity index (χ0v) is 15.6. The predicted molar refractivity (Wildman–Crippen MR) is 95.8 cm³/mol. The van der Waals surface area contributed by atoms with Crippen molar-refractivity contribution < 1.29 is 29.3 Å². The number of rotatable bonds is 8. The van der Waals surface area contributed by atoms with Gasteiger partial charge < -0.3 is 19.7 Å². The number of carboxylic acids is 2. The Hall–Kier alpha value is -1.92. The summed E-state index contributed by atoms with van der Waals surface area (Å²) in [6.07, 6.45) is 1.14. The maximum Gasteiger partial charge on any atom is 0.336 e. The fourth-order valence-electron chi connectivity index (χ4n) is 3.28. The highest BCUT2D eigenvalue weighted by molar-refractivity contribution is 5.84. The zero-order chi connectivity index (χ0) is 19.4. The summed E-state index contributed by atoms with van der Waals surface area (Å²) in [7, 11) is 0. The van der Waals surface area contributed by atoms with Gasteiger partial charge in [-0.2, -0.15) is 0 Å². The van der Waals surface area contributed by atoms with E-state index >= 15 is 0 Å². The van der Waals surface area contributed by atoms with Gasteiger partial charge in [-0.15, -0.1) is 0 Å². The van der Waals surface area contributed by atoms with E-state index in [4.69, 9.17) is 9.47 Å². The lowest BCUT2D eigenvalue weighted by molar-refractivity contribution is -0.243. The molecule has 1 heterocycles. The second kappa shape index (κ2) is 8.18. The molecule has 2 rings (SSSR count). The molecule has 0 radical (unpaired) electrons. The van der Waals surface area contributed by atoms with Crippen molar-refractivity contribution >= 4 is 11.9 Å². The smallest absolute Gasteiger partial charge is 0.336 e. The van der Waals surface area contributed by atoms with Crippen LogP contribution in [0.25, 0.3) is 0 Å². The summed E-state index contributed by atoms with van der Waals surface area (Å²) >= 11 is 0. The molecule has 1 aliphatic heterocycles. The SMILES string of the molecule is CC(C)(C)C1(CCCCCc2ccccc2)O[C@@H](C(=O)O)[C@H](C(=O)O)O1. The van der Waals surface area contributed by atoms with Gasteiger partial charge in [-0.1, -0.05) is 57.5 Å². The van der Waals surface area contributed by atoms with Crippen LogP contribution in [0.2, 0.25) is 0 Å². The molecule has 144 valence electrons. The first-order valence-electron chi connectivity index (χ1n) is 9.01. The third-order valence-electron chi connectivity index (χ3n) is 4.85. The number of carbonyl (C=O) groups is 2. The van der Waals surface area contributed by atoms with Crippen LogP contribution in [0.1, 0.15) is 52.0 Å². The van der Waals surface area contributed by atoms with Gasteiger partial charge in [0.05, 0.1) is 0 Å². The van der Waals surface area contributed by atoms with Crippen molar-refractivity contribution in [3.8, 4) is 0 Å². The van der Waals surface area contributed by atoms with E-state index in [1.807, 2.05) is 39.0 Å². The van der Waals surface area contributed by atoms with Gasteiger partial charge in [0, 0.05) is 11.8 Å². The van der Waals surface area contributed by atoms with Gasteiger partial charge in [-0.25, -0.2) is 9.59 Å². The Balaban J connectivity index is 1.97. The van der Waals surface area contributed by atoms with E-state index < -0.39 is 35.3 Å². The minimum absolute atomic E-state index is 0.457. The number of unbranched alkanes of at least 4 members (excludes halogenated alkanes) is 2. The molecule has 1 fully saturated rings. The Morgan fingerprint density at radius 1 is 0.962 bits per heavy atom. The van der Waals surface area contributed by atoms with Crippen LogP contribution in [0.15, 0.2) is 30.3 Å². The standard InChI is InChI=1S/C20H28O6/c1-19(2,3)20(25-15(17(21)22)16(26-20)18(23)24)13-9-5-8-12-14-10-6-4-7-11-14/h4,6-7,10-11,15-16H,5,8-9,12-13H2,1-3H3,(H,21,22)(H,23,24)/t15-,16-/m1/s1. The van der Waals surface area contributed by atoms with E-state index in [0.717, 1.165) is 25.7 Å². The van der Waals surface area contributed by atoms with Gasteiger partial charge in [0.15, 0.2) is 18.0 Å². The van der Waals surface area contributed by atoms with Crippen LogP contribution >= 0.6 is 0 Å². The molecule has 0 amide bonds. The molecular weight excluding hydrogens is 336 g/mol. The molecule has 0 bridgehead atoms. The summed E-state index contributed by atoms with van der Waals surface area (Å²) in [6.45, 7) is 5.63. The molecule has 1 saturated heterocycles. The highest BCUT2D eigenvalue weighted by atomic mass is 16.8. The van der Waals surface area contributed by atoms with Gasteiger partial charge in [-0.05, 0) is 24.8 Å². The van der Waals surface area contributed by atoms with E-state index in [2.05, 4.69) is 12.1 Å². The van der Waals surface area contributed by atoms with Gasteiger partial charge in [-0.3, -0.25) is 0 Å². The summed E-state index contributed by atoms with van der Waals surface area (Å²) in [5.41, 5.74) is 0.730. The molecule has 0 spiro atoms. The number of aliphatic carboxylic acids is 2. The largest absolute Gasteiger partial charge is 0.479 e. The first kappa shape index (κ1) is 20.4. The maximum atomic E-state index is 11.4. The van der Waals surface area contributed by atoms with Crippen molar-refractivity contribution in [1.29, 1.82) is 0 Å². The molecule has 0 saturated carbocycles. The molecule has 1 aromatic carbocycles. The van der Waals surface area contributed by atoms with Crippen LogP contribution < -0.4 is 0 Å². The fraction of sp³-hybridized carbons (Fsp3) is 0.600. The minimum Gasteiger partial charge on any atom is -0.479 e. The molecule has 6 heteroatoms. The first-order valence-corrected chi connectivity index (χ1v) is 9.01. The molecule has 0 aliphatic carbocycles. The first-order chi connectivity index (χ1) is 12.2. The number of hydrogen-bond acceptors (Lipinski definition) is 4. The summed E-state index contributed by atoms with van der Waals surface area (Å²) in [5.74, 6) is -3.84. The van der Waals surface area contributed by atoms with Crippen LogP contribution in [0, 0.1) is 5.41 Å². The predicted octanol–water partition coefficient (Wildman–Crippen LogP) is 3.49. The fourth-order valence-corrected chi connectivity index (χ4v) is 3.28. The van der Waals surface area contributed by atoms with E-state index in [0.29, 0.717) is 6.42 Å². The second-order valence-corrected chi connectivity index (χ2v) is 7.80. The molecule has 26 heavy (non-hydrogen) atoms. The quantitative estimate of drug-likeness (QED) is 0.686.